The number of benzene rings is 2. The zero-order chi connectivity index (χ0) is 13.1. The van der Waals surface area contributed by atoms with Crippen LogP contribution in [0.5, 0.6) is 0 Å². The highest BCUT2D eigenvalue weighted by atomic mass is 19.1. The summed E-state index contributed by atoms with van der Waals surface area (Å²) >= 11 is 0. The third-order valence-corrected chi connectivity index (χ3v) is 2.95. The van der Waals surface area contributed by atoms with E-state index in [9.17, 15) is 4.39 Å². The number of aryl methyl sites for hydroxylation is 1. The predicted molar refractivity (Wildman–Crippen MR) is 74.7 cm³/mol. The van der Waals surface area contributed by atoms with E-state index in [-0.39, 0.29) is 5.82 Å². The van der Waals surface area contributed by atoms with Crippen LogP contribution in [-0.2, 0) is 0 Å². The monoisotopic (exact) mass is 244 g/mol. The molecule has 0 unspecified atom stereocenters. The molecule has 2 rings (SSSR count). The van der Waals surface area contributed by atoms with E-state index in [1.807, 2.05) is 38.1 Å². The first-order valence-corrected chi connectivity index (χ1v) is 6.01. The zero-order valence-corrected chi connectivity index (χ0v) is 10.7. The van der Waals surface area contributed by atoms with E-state index in [4.69, 9.17) is 5.73 Å². The number of hydrogen-bond acceptors (Lipinski definition) is 2. The van der Waals surface area contributed by atoms with Gasteiger partial charge in [0.25, 0.3) is 0 Å². The van der Waals surface area contributed by atoms with Crippen LogP contribution in [0.4, 0.5) is 21.5 Å². The molecule has 94 valence electrons. The highest BCUT2D eigenvalue weighted by Gasteiger charge is 2.10. The van der Waals surface area contributed by atoms with Crippen molar-refractivity contribution in [2.45, 2.75) is 13.8 Å². The van der Waals surface area contributed by atoms with E-state index in [0.717, 1.165) is 29.2 Å². The third-order valence-electron chi connectivity index (χ3n) is 2.95. The maximum atomic E-state index is 13.3. The van der Waals surface area contributed by atoms with E-state index in [1.54, 1.807) is 12.1 Å². The Labute approximate surface area is 107 Å². The highest BCUT2D eigenvalue weighted by Crippen LogP contribution is 2.29. The van der Waals surface area contributed by atoms with Crippen molar-refractivity contribution < 1.29 is 4.39 Å². The Bertz CT molecular complexity index is 552. The van der Waals surface area contributed by atoms with Crippen LogP contribution in [0.25, 0.3) is 0 Å². The van der Waals surface area contributed by atoms with Gasteiger partial charge in [0.1, 0.15) is 5.82 Å². The summed E-state index contributed by atoms with van der Waals surface area (Å²) < 4.78 is 13.3. The van der Waals surface area contributed by atoms with Crippen LogP contribution in [0.2, 0.25) is 0 Å². The summed E-state index contributed by atoms with van der Waals surface area (Å²) in [5, 5.41) is 0. The van der Waals surface area contributed by atoms with Gasteiger partial charge in [-0.25, -0.2) is 4.39 Å². The summed E-state index contributed by atoms with van der Waals surface area (Å²) in [5.74, 6) is -0.223. The van der Waals surface area contributed by atoms with Crippen LogP contribution < -0.4 is 10.6 Å². The summed E-state index contributed by atoms with van der Waals surface area (Å²) in [6.45, 7) is 4.82. The Kier molecular flexibility index (Phi) is 3.51. The van der Waals surface area contributed by atoms with Gasteiger partial charge in [-0.3, -0.25) is 0 Å². The number of halogens is 1. The molecule has 2 aromatic carbocycles. The Morgan fingerprint density at radius 2 is 1.94 bits per heavy atom. The lowest BCUT2D eigenvalue weighted by atomic mass is 10.1. The van der Waals surface area contributed by atoms with Crippen LogP contribution in [0.15, 0.2) is 42.5 Å². The summed E-state index contributed by atoms with van der Waals surface area (Å²) in [6, 6.07) is 12.4. The molecule has 2 nitrogen and oxygen atoms in total. The summed E-state index contributed by atoms with van der Waals surface area (Å²) in [7, 11) is 0. The fourth-order valence-corrected chi connectivity index (χ4v) is 2.12. The average molecular weight is 244 g/mol. The minimum atomic E-state index is -0.223. The molecule has 0 spiro atoms. The number of nitrogen functional groups attached to an aromatic ring is 1. The maximum absolute atomic E-state index is 13.3. The first-order valence-electron chi connectivity index (χ1n) is 6.01. The van der Waals surface area contributed by atoms with Crippen molar-refractivity contribution in [3.05, 3.63) is 53.8 Å². The van der Waals surface area contributed by atoms with Gasteiger partial charge in [-0.15, -0.1) is 0 Å². The van der Waals surface area contributed by atoms with Crippen molar-refractivity contribution in [3.8, 4) is 0 Å². The van der Waals surface area contributed by atoms with Gasteiger partial charge >= 0.3 is 0 Å². The Morgan fingerprint density at radius 3 is 2.56 bits per heavy atom. The van der Waals surface area contributed by atoms with Crippen LogP contribution in [0.1, 0.15) is 12.5 Å². The Hall–Kier alpha value is -2.03. The van der Waals surface area contributed by atoms with E-state index >= 15 is 0 Å². The number of hydrogen-bond donors (Lipinski definition) is 1. The first-order chi connectivity index (χ1) is 8.61. The summed E-state index contributed by atoms with van der Waals surface area (Å²) in [5.41, 5.74) is 9.49. The zero-order valence-electron chi connectivity index (χ0n) is 10.7. The second-order valence-corrected chi connectivity index (χ2v) is 4.27. The number of nitrogens with zero attached hydrogens (tertiary/aromatic N) is 1. The maximum Gasteiger partial charge on any atom is 0.125 e. The minimum absolute atomic E-state index is 0.223. The van der Waals surface area contributed by atoms with Crippen molar-refractivity contribution in [3.63, 3.8) is 0 Å². The largest absolute Gasteiger partial charge is 0.399 e. The molecule has 0 aliphatic rings. The molecule has 0 bridgehead atoms. The molecule has 2 aromatic rings. The average Bonchev–Trinajstić information content (AvgIpc) is 2.33. The standard InChI is InChI=1S/C15H17FN2/c1-3-18(14-6-4-5-12(16)10-14)15-8-7-13(17)9-11(15)2/h4-10H,3,17H2,1-2H3. The molecule has 18 heavy (non-hydrogen) atoms. The number of nitrogens with two attached hydrogens (primary N) is 1. The third kappa shape index (κ3) is 2.45. The van der Waals surface area contributed by atoms with E-state index in [0.29, 0.717) is 0 Å². The number of anilines is 3. The van der Waals surface area contributed by atoms with Crippen LogP contribution >= 0.6 is 0 Å². The van der Waals surface area contributed by atoms with E-state index < -0.39 is 0 Å². The molecular formula is C15H17FN2. The van der Waals surface area contributed by atoms with Gasteiger partial charge in [-0.1, -0.05) is 6.07 Å². The lowest BCUT2D eigenvalue weighted by Crippen LogP contribution is -2.17. The number of rotatable bonds is 3. The van der Waals surface area contributed by atoms with Crippen molar-refractivity contribution in [2.75, 3.05) is 17.2 Å². The first kappa shape index (κ1) is 12.4. The molecule has 0 aromatic heterocycles. The molecule has 2 N–H and O–H groups in total. The summed E-state index contributed by atoms with van der Waals surface area (Å²) in [4.78, 5) is 2.07. The molecular weight excluding hydrogens is 227 g/mol. The molecule has 0 atom stereocenters. The molecule has 0 fully saturated rings. The van der Waals surface area contributed by atoms with Crippen LogP contribution in [0, 0.1) is 12.7 Å². The minimum Gasteiger partial charge on any atom is -0.399 e. The highest BCUT2D eigenvalue weighted by molar-refractivity contribution is 5.68. The molecule has 0 aliphatic heterocycles. The smallest absolute Gasteiger partial charge is 0.125 e. The fourth-order valence-electron chi connectivity index (χ4n) is 2.12. The molecule has 0 aliphatic carbocycles. The second kappa shape index (κ2) is 5.08. The van der Waals surface area contributed by atoms with Gasteiger partial charge in [0.2, 0.25) is 0 Å². The molecule has 0 amide bonds. The normalized spacial score (nSPS) is 10.4. The molecule has 3 heteroatoms. The van der Waals surface area contributed by atoms with E-state index in [2.05, 4.69) is 4.90 Å². The van der Waals surface area contributed by atoms with Gasteiger partial charge in [-0.2, -0.15) is 0 Å². The van der Waals surface area contributed by atoms with Crippen molar-refractivity contribution in [1.29, 1.82) is 0 Å². The van der Waals surface area contributed by atoms with Crippen LogP contribution in [-0.4, -0.2) is 6.54 Å². The lowest BCUT2D eigenvalue weighted by molar-refractivity contribution is 0.627. The Balaban J connectivity index is 2.45. The molecule has 0 saturated carbocycles. The predicted octanol–water partition coefficient (Wildman–Crippen LogP) is 3.87. The fraction of sp³-hybridized carbons (Fsp3) is 0.200. The van der Waals surface area contributed by atoms with Gasteiger partial charge in [0, 0.05) is 23.6 Å². The van der Waals surface area contributed by atoms with Gasteiger partial charge in [0.15, 0.2) is 0 Å². The van der Waals surface area contributed by atoms with Gasteiger partial charge in [0.05, 0.1) is 0 Å². The summed E-state index contributed by atoms with van der Waals surface area (Å²) in [6.07, 6.45) is 0. The van der Waals surface area contributed by atoms with Crippen LogP contribution in [0.3, 0.4) is 0 Å². The Morgan fingerprint density at radius 1 is 1.17 bits per heavy atom. The van der Waals surface area contributed by atoms with Crippen molar-refractivity contribution in [1.82, 2.24) is 0 Å². The van der Waals surface area contributed by atoms with Crippen molar-refractivity contribution in [2.24, 2.45) is 0 Å². The quantitative estimate of drug-likeness (QED) is 0.830. The molecule has 0 heterocycles. The van der Waals surface area contributed by atoms with Gasteiger partial charge < -0.3 is 10.6 Å². The lowest BCUT2D eigenvalue weighted by Gasteiger charge is -2.25. The SMILES string of the molecule is CCN(c1cccc(F)c1)c1ccc(N)cc1C. The molecule has 0 radical (unpaired) electrons. The van der Waals surface area contributed by atoms with Gasteiger partial charge in [-0.05, 0) is 55.8 Å². The molecule has 0 saturated heterocycles. The second-order valence-electron chi connectivity index (χ2n) is 4.27. The van der Waals surface area contributed by atoms with E-state index in [1.165, 1.54) is 6.07 Å². The topological polar surface area (TPSA) is 29.3 Å². The van der Waals surface area contributed by atoms with Crippen molar-refractivity contribution >= 4 is 17.1 Å².